The Morgan fingerprint density at radius 2 is 0.633 bits per heavy atom. The van der Waals surface area contributed by atoms with Crippen LogP contribution in [-0.2, 0) is 0 Å². The van der Waals surface area contributed by atoms with Crippen molar-refractivity contribution < 1.29 is 0 Å². The van der Waals surface area contributed by atoms with Crippen molar-refractivity contribution in [3.8, 4) is 36.4 Å². The van der Waals surface area contributed by atoms with Crippen molar-refractivity contribution in [2.45, 2.75) is 65.2 Å². The van der Waals surface area contributed by atoms with E-state index in [0.717, 1.165) is 50.4 Å². The number of anilines is 3. The fourth-order valence-corrected chi connectivity index (χ4v) is 6.13. The number of rotatable bonds is 18. The molecule has 49 heavy (non-hydrogen) atoms. The summed E-state index contributed by atoms with van der Waals surface area (Å²) in [6, 6.07) is 32.4. The van der Waals surface area contributed by atoms with E-state index in [1.165, 1.54) is 0 Å². The van der Waals surface area contributed by atoms with Gasteiger partial charge in [0.05, 0.1) is 74.9 Å². The van der Waals surface area contributed by atoms with Crippen LogP contribution >= 0.6 is 0 Å². The van der Waals surface area contributed by atoms with E-state index < -0.39 is 0 Å². The molecule has 0 aliphatic rings. The Hall–Kier alpha value is -6.00. The standard InChI is InChI=1S/C40H43N9/c1-31-10-13-34(47(22-4-16-41)23-5-17-42)28-37(31)40(38-29-35(14-11-32(38)2)48(24-6-18-43)25-7-19-44)39-30-36(15-12-33(39)3)49(26-8-20-45)27-9-21-46/h10-15,28-30,40H,4-9,22-27H2,1-3H3. The van der Waals surface area contributed by atoms with Gasteiger partial charge in [0.2, 0.25) is 0 Å². The SMILES string of the molecule is Cc1ccc(N(CCC#N)CCC#N)cc1C(c1cc(N(CCC#N)CCC#N)ccc1C)c1cc(N(CCC#N)CCC#N)ccc1C. The van der Waals surface area contributed by atoms with Gasteiger partial charge < -0.3 is 14.7 Å². The topological polar surface area (TPSA) is 152 Å². The number of benzene rings is 3. The predicted molar refractivity (Wildman–Crippen MR) is 193 cm³/mol. The second kappa shape index (κ2) is 19.6. The van der Waals surface area contributed by atoms with Crippen LogP contribution in [-0.4, -0.2) is 39.3 Å². The first kappa shape index (κ1) is 37.5. The van der Waals surface area contributed by atoms with Gasteiger partial charge in [0, 0.05) is 62.2 Å². The van der Waals surface area contributed by atoms with Crippen LogP contribution in [0.4, 0.5) is 17.1 Å². The van der Waals surface area contributed by atoms with E-state index in [9.17, 15) is 31.6 Å². The van der Waals surface area contributed by atoms with Crippen LogP contribution in [0.25, 0.3) is 0 Å². The maximum absolute atomic E-state index is 9.37. The lowest BCUT2D eigenvalue weighted by Crippen LogP contribution is -2.26. The van der Waals surface area contributed by atoms with E-state index in [1.54, 1.807) is 0 Å². The van der Waals surface area contributed by atoms with Crippen LogP contribution in [0.1, 0.15) is 77.8 Å². The molecule has 0 spiro atoms. The Morgan fingerprint density at radius 1 is 0.408 bits per heavy atom. The molecular weight excluding hydrogens is 607 g/mol. The van der Waals surface area contributed by atoms with Gasteiger partial charge in [-0.2, -0.15) is 31.6 Å². The summed E-state index contributed by atoms with van der Waals surface area (Å²) in [5, 5.41) is 56.2. The molecule has 0 saturated heterocycles. The fraction of sp³-hybridized carbons (Fsp3) is 0.400. The minimum absolute atomic E-state index is 0.226. The smallest absolute Gasteiger partial charge is 0.0640 e. The molecule has 0 aliphatic carbocycles. The van der Waals surface area contributed by atoms with Crippen molar-refractivity contribution in [1.82, 2.24) is 0 Å². The summed E-state index contributed by atoms with van der Waals surface area (Å²) >= 11 is 0. The Morgan fingerprint density at radius 3 is 0.837 bits per heavy atom. The summed E-state index contributed by atoms with van der Waals surface area (Å²) < 4.78 is 0. The molecule has 0 saturated carbocycles. The summed E-state index contributed by atoms with van der Waals surface area (Å²) in [7, 11) is 0. The molecule has 0 radical (unpaired) electrons. The van der Waals surface area contributed by atoms with Gasteiger partial charge in [-0.05, 0) is 90.6 Å². The highest BCUT2D eigenvalue weighted by molar-refractivity contribution is 5.63. The summed E-state index contributed by atoms with van der Waals surface area (Å²) in [5.41, 5.74) is 9.31. The molecule has 0 heterocycles. The first-order valence-corrected chi connectivity index (χ1v) is 16.6. The molecule has 9 heteroatoms. The first-order chi connectivity index (χ1) is 23.8. The van der Waals surface area contributed by atoms with Crippen molar-refractivity contribution in [2.24, 2.45) is 0 Å². The third kappa shape index (κ3) is 10.2. The molecule has 0 fully saturated rings. The second-order valence-corrected chi connectivity index (χ2v) is 12.0. The molecule has 0 amide bonds. The zero-order valence-corrected chi connectivity index (χ0v) is 28.8. The molecule has 3 aromatic rings. The monoisotopic (exact) mass is 649 g/mol. The summed E-state index contributed by atoms with van der Waals surface area (Å²) in [5.74, 6) is -0.226. The highest BCUT2D eigenvalue weighted by Gasteiger charge is 2.25. The van der Waals surface area contributed by atoms with Gasteiger partial charge in [-0.1, -0.05) is 18.2 Å². The number of aryl methyl sites for hydroxylation is 3. The minimum Gasteiger partial charge on any atom is -0.369 e. The molecular formula is C40H43N9. The molecule has 0 bridgehead atoms. The van der Waals surface area contributed by atoms with E-state index in [2.05, 4.69) is 108 Å². The third-order valence-electron chi connectivity index (χ3n) is 8.78. The minimum atomic E-state index is -0.226. The normalized spacial score (nSPS) is 10.2. The largest absolute Gasteiger partial charge is 0.369 e. The molecule has 3 aromatic carbocycles. The van der Waals surface area contributed by atoms with Crippen LogP contribution in [0, 0.1) is 88.8 Å². The number of nitrogens with zero attached hydrogens (tertiary/aromatic N) is 9. The quantitative estimate of drug-likeness (QED) is 0.126. The zero-order chi connectivity index (χ0) is 35.6. The second-order valence-electron chi connectivity index (χ2n) is 12.0. The summed E-state index contributed by atoms with van der Waals surface area (Å²) in [6.07, 6.45) is 2.02. The molecule has 9 nitrogen and oxygen atoms in total. The van der Waals surface area contributed by atoms with Gasteiger partial charge in [0.15, 0.2) is 0 Å². The average Bonchev–Trinajstić information content (AvgIpc) is 3.11. The van der Waals surface area contributed by atoms with E-state index in [1.807, 2.05) is 18.2 Å². The van der Waals surface area contributed by atoms with Gasteiger partial charge in [-0.3, -0.25) is 0 Å². The van der Waals surface area contributed by atoms with E-state index >= 15 is 0 Å². The van der Waals surface area contributed by atoms with Gasteiger partial charge in [-0.25, -0.2) is 0 Å². The molecule has 0 unspecified atom stereocenters. The molecule has 248 valence electrons. The zero-order valence-electron chi connectivity index (χ0n) is 28.8. The van der Waals surface area contributed by atoms with Crippen LogP contribution in [0.15, 0.2) is 54.6 Å². The van der Waals surface area contributed by atoms with Crippen molar-refractivity contribution >= 4 is 17.1 Å². The highest BCUT2D eigenvalue weighted by Crippen LogP contribution is 2.41. The number of nitriles is 6. The highest BCUT2D eigenvalue weighted by atomic mass is 15.1. The van der Waals surface area contributed by atoms with Crippen molar-refractivity contribution in [3.05, 3.63) is 88.0 Å². The maximum Gasteiger partial charge on any atom is 0.0640 e. The lowest BCUT2D eigenvalue weighted by Gasteiger charge is -2.31. The lowest BCUT2D eigenvalue weighted by atomic mass is 9.79. The van der Waals surface area contributed by atoms with Crippen LogP contribution in [0.3, 0.4) is 0 Å². The van der Waals surface area contributed by atoms with Crippen LogP contribution in [0.2, 0.25) is 0 Å². The van der Waals surface area contributed by atoms with Crippen LogP contribution in [0.5, 0.6) is 0 Å². The van der Waals surface area contributed by atoms with E-state index in [4.69, 9.17) is 0 Å². The molecule has 0 aliphatic heterocycles. The first-order valence-electron chi connectivity index (χ1n) is 16.6. The number of hydrogen-bond donors (Lipinski definition) is 0. The number of hydrogen-bond acceptors (Lipinski definition) is 9. The Labute approximate surface area is 291 Å². The predicted octanol–water partition coefficient (Wildman–Crippen LogP) is 7.69. The fourth-order valence-electron chi connectivity index (χ4n) is 6.13. The van der Waals surface area contributed by atoms with Crippen molar-refractivity contribution in [3.63, 3.8) is 0 Å². The van der Waals surface area contributed by atoms with Crippen LogP contribution < -0.4 is 14.7 Å². The summed E-state index contributed by atoms with van der Waals surface area (Å²) in [4.78, 5) is 6.28. The average molecular weight is 650 g/mol. The Bertz CT molecular complexity index is 1550. The summed E-state index contributed by atoms with van der Waals surface area (Å²) in [6.45, 7) is 9.33. The van der Waals surface area contributed by atoms with E-state index in [-0.39, 0.29) is 5.92 Å². The van der Waals surface area contributed by atoms with Gasteiger partial charge >= 0.3 is 0 Å². The van der Waals surface area contributed by atoms with Gasteiger partial charge in [-0.15, -0.1) is 0 Å². The van der Waals surface area contributed by atoms with Crippen molar-refractivity contribution in [2.75, 3.05) is 54.0 Å². The molecule has 0 N–H and O–H groups in total. The van der Waals surface area contributed by atoms with E-state index in [0.29, 0.717) is 77.8 Å². The Balaban J connectivity index is 2.35. The molecule has 3 rings (SSSR count). The van der Waals surface area contributed by atoms with Gasteiger partial charge in [0.25, 0.3) is 0 Å². The molecule has 0 aromatic heterocycles. The van der Waals surface area contributed by atoms with Crippen molar-refractivity contribution in [1.29, 1.82) is 31.6 Å². The maximum atomic E-state index is 9.37. The molecule has 0 atom stereocenters. The lowest BCUT2D eigenvalue weighted by molar-refractivity contribution is 0.789. The third-order valence-corrected chi connectivity index (χ3v) is 8.78. The van der Waals surface area contributed by atoms with Gasteiger partial charge in [0.1, 0.15) is 0 Å². The Kier molecular flexibility index (Phi) is 15.0.